The van der Waals surface area contributed by atoms with Gasteiger partial charge in [-0.15, -0.1) is 0 Å². The second-order valence-electron chi connectivity index (χ2n) is 6.49. The van der Waals surface area contributed by atoms with Crippen molar-refractivity contribution in [3.05, 3.63) is 59.2 Å². The Kier molecular flexibility index (Phi) is 7.82. The van der Waals surface area contributed by atoms with Crippen molar-refractivity contribution in [1.29, 1.82) is 0 Å². The standard InChI is InChI=1S/C21H23F3N2O4/c1-4-29-9-10-30-18-8-6-5-7-17(18)19(27)25-16-12-14(20(28)26(2)3)11-15(13-16)21(22,23)24/h5-8,11-13H,4,9-10H2,1-3H3,(H,25,27). The molecule has 0 aliphatic heterocycles. The average Bonchev–Trinajstić information content (AvgIpc) is 2.70. The first-order chi connectivity index (χ1) is 14.1. The topological polar surface area (TPSA) is 67.9 Å². The lowest BCUT2D eigenvalue weighted by atomic mass is 10.1. The third-order valence-corrected chi connectivity index (χ3v) is 3.99. The molecule has 0 spiro atoms. The summed E-state index contributed by atoms with van der Waals surface area (Å²) in [6.07, 6.45) is -4.68. The molecule has 0 bridgehead atoms. The van der Waals surface area contributed by atoms with Gasteiger partial charge in [0.25, 0.3) is 11.8 Å². The number of nitrogens with zero attached hydrogens (tertiary/aromatic N) is 1. The lowest BCUT2D eigenvalue weighted by Gasteiger charge is -2.16. The van der Waals surface area contributed by atoms with Gasteiger partial charge in [0.05, 0.1) is 17.7 Å². The number of halogens is 3. The molecule has 0 aromatic heterocycles. The van der Waals surface area contributed by atoms with Gasteiger partial charge in [0.1, 0.15) is 12.4 Å². The molecule has 2 aromatic carbocycles. The van der Waals surface area contributed by atoms with Crippen LogP contribution in [-0.4, -0.2) is 50.6 Å². The average molecular weight is 424 g/mol. The highest BCUT2D eigenvalue weighted by atomic mass is 19.4. The molecule has 0 saturated carbocycles. The van der Waals surface area contributed by atoms with Gasteiger partial charge in [0.2, 0.25) is 0 Å². The molecule has 0 atom stereocenters. The molecular weight excluding hydrogens is 401 g/mol. The normalized spacial score (nSPS) is 11.1. The minimum absolute atomic E-state index is 0.145. The van der Waals surface area contributed by atoms with Gasteiger partial charge in [0, 0.05) is 32.0 Å². The summed E-state index contributed by atoms with van der Waals surface area (Å²) in [5.74, 6) is -1.01. The van der Waals surface area contributed by atoms with E-state index in [-0.39, 0.29) is 29.2 Å². The quantitative estimate of drug-likeness (QED) is 0.649. The third kappa shape index (κ3) is 6.21. The molecule has 2 amide bonds. The molecule has 2 rings (SSSR count). The Morgan fingerprint density at radius 3 is 2.40 bits per heavy atom. The summed E-state index contributed by atoms with van der Waals surface area (Å²) in [7, 11) is 2.85. The number of rotatable bonds is 8. The summed E-state index contributed by atoms with van der Waals surface area (Å²) in [6, 6.07) is 9.08. The van der Waals surface area contributed by atoms with Crippen molar-refractivity contribution in [3.8, 4) is 5.75 Å². The number of para-hydroxylation sites is 1. The van der Waals surface area contributed by atoms with Gasteiger partial charge in [0.15, 0.2) is 0 Å². The van der Waals surface area contributed by atoms with E-state index in [0.717, 1.165) is 17.0 Å². The van der Waals surface area contributed by atoms with E-state index in [9.17, 15) is 22.8 Å². The van der Waals surface area contributed by atoms with Crippen LogP contribution in [0.25, 0.3) is 0 Å². The molecule has 0 heterocycles. The van der Waals surface area contributed by atoms with Crippen LogP contribution in [0.2, 0.25) is 0 Å². The van der Waals surface area contributed by atoms with Gasteiger partial charge in [-0.3, -0.25) is 9.59 Å². The van der Waals surface area contributed by atoms with Crippen LogP contribution in [0.4, 0.5) is 18.9 Å². The Morgan fingerprint density at radius 2 is 1.77 bits per heavy atom. The first-order valence-electron chi connectivity index (χ1n) is 9.18. The highest BCUT2D eigenvalue weighted by Gasteiger charge is 2.32. The van der Waals surface area contributed by atoms with Crippen LogP contribution in [0.3, 0.4) is 0 Å². The van der Waals surface area contributed by atoms with Crippen molar-refractivity contribution in [2.75, 3.05) is 39.2 Å². The molecule has 0 saturated heterocycles. The number of carbonyl (C=O) groups excluding carboxylic acids is 2. The van der Waals surface area contributed by atoms with Gasteiger partial charge >= 0.3 is 6.18 Å². The van der Waals surface area contributed by atoms with Gasteiger partial charge in [-0.05, 0) is 37.3 Å². The minimum atomic E-state index is -4.68. The van der Waals surface area contributed by atoms with Gasteiger partial charge in [-0.25, -0.2) is 0 Å². The number of amides is 2. The van der Waals surface area contributed by atoms with Crippen molar-refractivity contribution in [2.24, 2.45) is 0 Å². The van der Waals surface area contributed by atoms with Crippen LogP contribution in [0.15, 0.2) is 42.5 Å². The Morgan fingerprint density at radius 1 is 1.07 bits per heavy atom. The first kappa shape index (κ1) is 23.2. The number of carbonyl (C=O) groups is 2. The summed E-state index contributed by atoms with van der Waals surface area (Å²) in [5.41, 5.74) is -1.23. The fourth-order valence-electron chi connectivity index (χ4n) is 2.58. The summed E-state index contributed by atoms with van der Waals surface area (Å²) < 4.78 is 50.5. The molecule has 1 N–H and O–H groups in total. The van der Waals surface area contributed by atoms with E-state index in [1.807, 2.05) is 6.92 Å². The maximum Gasteiger partial charge on any atom is 0.416 e. The minimum Gasteiger partial charge on any atom is -0.490 e. The second kappa shape index (κ2) is 10.1. The first-order valence-corrected chi connectivity index (χ1v) is 9.18. The van der Waals surface area contributed by atoms with Crippen LogP contribution in [0.1, 0.15) is 33.2 Å². The van der Waals surface area contributed by atoms with E-state index in [1.165, 1.54) is 26.2 Å². The van der Waals surface area contributed by atoms with Gasteiger partial charge in [-0.1, -0.05) is 12.1 Å². The van der Waals surface area contributed by atoms with Gasteiger partial charge < -0.3 is 19.7 Å². The summed E-state index contributed by atoms with van der Waals surface area (Å²) in [4.78, 5) is 26.0. The van der Waals surface area contributed by atoms with Crippen molar-refractivity contribution in [1.82, 2.24) is 4.90 Å². The Balaban J connectivity index is 2.30. The molecule has 0 radical (unpaired) electrons. The second-order valence-corrected chi connectivity index (χ2v) is 6.49. The summed E-state index contributed by atoms with van der Waals surface area (Å²) >= 11 is 0. The zero-order chi connectivity index (χ0) is 22.3. The summed E-state index contributed by atoms with van der Waals surface area (Å²) in [6.45, 7) is 2.90. The van der Waals surface area contributed by atoms with Crippen molar-refractivity contribution in [3.63, 3.8) is 0 Å². The van der Waals surface area contributed by atoms with E-state index in [0.29, 0.717) is 13.2 Å². The Labute approximate surface area is 172 Å². The van der Waals surface area contributed by atoms with Crippen LogP contribution in [-0.2, 0) is 10.9 Å². The molecule has 0 unspecified atom stereocenters. The number of nitrogens with one attached hydrogen (secondary N) is 1. The monoisotopic (exact) mass is 424 g/mol. The van der Waals surface area contributed by atoms with Crippen molar-refractivity contribution < 1.29 is 32.2 Å². The lowest BCUT2D eigenvalue weighted by molar-refractivity contribution is -0.137. The predicted octanol–water partition coefficient (Wildman–Crippen LogP) is 4.07. The number of ether oxygens (including phenoxy) is 2. The number of alkyl halides is 3. The molecule has 2 aromatic rings. The van der Waals surface area contributed by atoms with Gasteiger partial charge in [-0.2, -0.15) is 13.2 Å². The number of hydrogen-bond acceptors (Lipinski definition) is 4. The Hall–Kier alpha value is -3.07. The number of anilines is 1. The molecular formula is C21H23F3N2O4. The Bertz CT molecular complexity index is 898. The fraction of sp³-hybridized carbons (Fsp3) is 0.333. The fourth-order valence-corrected chi connectivity index (χ4v) is 2.58. The summed E-state index contributed by atoms with van der Waals surface area (Å²) in [5, 5.41) is 2.43. The van der Waals surface area contributed by atoms with Crippen molar-refractivity contribution >= 4 is 17.5 Å². The smallest absolute Gasteiger partial charge is 0.416 e. The molecule has 162 valence electrons. The maximum absolute atomic E-state index is 13.3. The predicted molar refractivity (Wildman–Crippen MR) is 106 cm³/mol. The van der Waals surface area contributed by atoms with E-state index < -0.39 is 23.6 Å². The number of benzene rings is 2. The molecule has 0 fully saturated rings. The largest absolute Gasteiger partial charge is 0.490 e. The number of hydrogen-bond donors (Lipinski definition) is 1. The van der Waals surface area contributed by atoms with Crippen molar-refractivity contribution in [2.45, 2.75) is 13.1 Å². The third-order valence-electron chi connectivity index (χ3n) is 3.99. The molecule has 0 aliphatic rings. The molecule has 30 heavy (non-hydrogen) atoms. The zero-order valence-electron chi connectivity index (χ0n) is 16.9. The van der Waals surface area contributed by atoms with Crippen LogP contribution in [0.5, 0.6) is 5.75 Å². The van der Waals surface area contributed by atoms with E-state index >= 15 is 0 Å². The SMILES string of the molecule is CCOCCOc1ccccc1C(=O)Nc1cc(C(=O)N(C)C)cc(C(F)(F)F)c1. The van der Waals surface area contributed by atoms with E-state index in [1.54, 1.807) is 18.2 Å². The van der Waals surface area contributed by atoms with Crippen LogP contribution in [0, 0.1) is 0 Å². The maximum atomic E-state index is 13.3. The van der Waals surface area contributed by atoms with Crippen LogP contribution < -0.4 is 10.1 Å². The molecule has 0 aliphatic carbocycles. The zero-order valence-corrected chi connectivity index (χ0v) is 16.9. The van der Waals surface area contributed by atoms with E-state index in [2.05, 4.69) is 5.32 Å². The molecule has 6 nitrogen and oxygen atoms in total. The highest BCUT2D eigenvalue weighted by Crippen LogP contribution is 2.32. The van der Waals surface area contributed by atoms with Crippen LogP contribution >= 0.6 is 0 Å². The molecule has 9 heteroatoms. The van der Waals surface area contributed by atoms with E-state index in [4.69, 9.17) is 9.47 Å². The highest BCUT2D eigenvalue weighted by molar-refractivity contribution is 6.07. The lowest BCUT2D eigenvalue weighted by Crippen LogP contribution is -2.23.